The van der Waals surface area contributed by atoms with Gasteiger partial charge in [0.2, 0.25) is 5.91 Å². The van der Waals surface area contributed by atoms with Crippen molar-refractivity contribution in [1.82, 2.24) is 5.32 Å². The molecule has 0 saturated carbocycles. The Morgan fingerprint density at radius 2 is 1.60 bits per heavy atom. The Bertz CT molecular complexity index is 1230. The Hall–Kier alpha value is -4.04. The molecular weight excluding hydrogens is 472 g/mol. The van der Waals surface area contributed by atoms with Gasteiger partial charge in [-0.25, -0.2) is 4.79 Å². The Morgan fingerprint density at radius 1 is 0.971 bits per heavy atom. The van der Waals surface area contributed by atoms with E-state index in [1.165, 1.54) is 18.2 Å². The second kappa shape index (κ2) is 10.5. The number of carbonyl (C=O) groups is 3. The lowest BCUT2D eigenvalue weighted by Gasteiger charge is -2.19. The van der Waals surface area contributed by atoms with Crippen LogP contribution < -0.4 is 10.6 Å². The molecule has 1 atom stereocenters. The van der Waals surface area contributed by atoms with Crippen LogP contribution in [0.3, 0.4) is 0 Å². The first kappa shape index (κ1) is 24.1. The van der Waals surface area contributed by atoms with Gasteiger partial charge in [-0.2, -0.15) is 0 Å². The average molecular weight is 495 g/mol. The Morgan fingerprint density at radius 3 is 2.20 bits per heavy atom. The van der Waals surface area contributed by atoms with E-state index in [1.807, 2.05) is 48.5 Å². The van der Waals surface area contributed by atoms with Gasteiger partial charge >= 0.3 is 12.1 Å². The third kappa shape index (κ3) is 5.55. The van der Waals surface area contributed by atoms with E-state index in [0.717, 1.165) is 22.3 Å². The molecule has 0 bridgehead atoms. The summed E-state index contributed by atoms with van der Waals surface area (Å²) in [4.78, 5) is 36.4. The highest BCUT2D eigenvalue weighted by Gasteiger charge is 2.30. The molecule has 0 aromatic heterocycles. The molecule has 180 valence electrons. The fourth-order valence-corrected chi connectivity index (χ4v) is 4.31. The number of carboxylic acids is 1. The van der Waals surface area contributed by atoms with Crippen molar-refractivity contribution >= 4 is 35.3 Å². The fraction of sp³-hybridized carbons (Fsp3) is 0.192. The molecule has 0 spiro atoms. The van der Waals surface area contributed by atoms with Crippen molar-refractivity contribution in [2.24, 2.45) is 0 Å². The summed E-state index contributed by atoms with van der Waals surface area (Å²) in [5.74, 6) is -2.05. The molecule has 8 nitrogen and oxygen atoms in total. The number of hydrogen-bond donors (Lipinski definition) is 4. The van der Waals surface area contributed by atoms with Gasteiger partial charge in [0, 0.05) is 18.0 Å². The SMILES string of the molecule is O=C(O)CCC(NC(=O)OCC1c2ccccc2-c2ccccc21)C(=O)Nc1ccc(O)c(Cl)c1. The number of rotatable bonds is 8. The molecular formula is C26H23ClN2O6. The maximum absolute atomic E-state index is 12.8. The van der Waals surface area contributed by atoms with Crippen LogP contribution in [0.1, 0.15) is 29.9 Å². The average Bonchev–Trinajstić information content (AvgIpc) is 3.16. The predicted octanol–water partition coefficient (Wildman–Crippen LogP) is 4.76. The Labute approximate surface area is 206 Å². The number of nitrogens with one attached hydrogen (secondary N) is 2. The van der Waals surface area contributed by atoms with Crippen molar-refractivity contribution < 1.29 is 29.3 Å². The summed E-state index contributed by atoms with van der Waals surface area (Å²) < 4.78 is 5.48. The summed E-state index contributed by atoms with van der Waals surface area (Å²) in [7, 11) is 0. The normalized spacial score (nSPS) is 12.8. The number of phenolic OH excluding ortho intramolecular Hbond substituents is 1. The smallest absolute Gasteiger partial charge is 0.407 e. The molecule has 0 fully saturated rings. The number of hydrogen-bond acceptors (Lipinski definition) is 5. The largest absolute Gasteiger partial charge is 0.506 e. The number of carbonyl (C=O) groups excluding carboxylic acids is 2. The Kier molecular flexibility index (Phi) is 7.22. The van der Waals surface area contributed by atoms with E-state index < -0.39 is 24.0 Å². The van der Waals surface area contributed by atoms with Gasteiger partial charge in [-0.3, -0.25) is 9.59 Å². The highest BCUT2D eigenvalue weighted by Crippen LogP contribution is 2.44. The van der Waals surface area contributed by atoms with Gasteiger partial charge in [0.15, 0.2) is 0 Å². The second-order valence-corrected chi connectivity index (χ2v) is 8.52. The number of phenols is 1. The van der Waals surface area contributed by atoms with Crippen molar-refractivity contribution in [2.75, 3.05) is 11.9 Å². The molecule has 1 aliphatic carbocycles. The first-order valence-electron chi connectivity index (χ1n) is 11.0. The second-order valence-electron chi connectivity index (χ2n) is 8.11. The monoisotopic (exact) mass is 494 g/mol. The van der Waals surface area contributed by atoms with Crippen LogP contribution >= 0.6 is 11.6 Å². The zero-order valence-electron chi connectivity index (χ0n) is 18.5. The number of aromatic hydroxyl groups is 1. The molecule has 4 rings (SSSR count). The first-order chi connectivity index (χ1) is 16.8. The number of halogens is 1. The summed E-state index contributed by atoms with van der Waals surface area (Å²) in [5, 5.41) is 23.7. The quantitative estimate of drug-likeness (QED) is 0.335. The van der Waals surface area contributed by atoms with Crippen LogP contribution in [0.25, 0.3) is 11.1 Å². The number of benzene rings is 3. The van der Waals surface area contributed by atoms with Gasteiger partial charge < -0.3 is 25.6 Å². The van der Waals surface area contributed by atoms with E-state index in [2.05, 4.69) is 10.6 Å². The number of carboxylic acid groups (broad SMARTS) is 1. The van der Waals surface area contributed by atoms with Gasteiger partial charge in [0.25, 0.3) is 0 Å². The van der Waals surface area contributed by atoms with Gasteiger partial charge in [0.1, 0.15) is 18.4 Å². The predicted molar refractivity (Wildman–Crippen MR) is 131 cm³/mol. The molecule has 3 aromatic rings. The van der Waals surface area contributed by atoms with Crippen molar-refractivity contribution in [1.29, 1.82) is 0 Å². The molecule has 35 heavy (non-hydrogen) atoms. The van der Waals surface area contributed by atoms with Crippen molar-refractivity contribution in [3.8, 4) is 16.9 Å². The van der Waals surface area contributed by atoms with Crippen molar-refractivity contribution in [3.05, 3.63) is 82.9 Å². The fourth-order valence-electron chi connectivity index (χ4n) is 4.13. The molecule has 1 aliphatic rings. The minimum atomic E-state index is -1.16. The van der Waals surface area contributed by atoms with Gasteiger partial charge in [-0.15, -0.1) is 0 Å². The van der Waals surface area contributed by atoms with E-state index in [9.17, 15) is 19.5 Å². The Balaban J connectivity index is 1.43. The lowest BCUT2D eigenvalue weighted by atomic mass is 9.98. The number of aliphatic carboxylic acids is 1. The highest BCUT2D eigenvalue weighted by atomic mass is 35.5. The van der Waals surface area contributed by atoms with Crippen LogP contribution in [0.15, 0.2) is 66.7 Å². The van der Waals surface area contributed by atoms with Crippen molar-refractivity contribution in [2.45, 2.75) is 24.8 Å². The maximum Gasteiger partial charge on any atom is 0.407 e. The number of ether oxygens (including phenoxy) is 1. The zero-order valence-corrected chi connectivity index (χ0v) is 19.3. The third-order valence-electron chi connectivity index (χ3n) is 5.81. The third-order valence-corrected chi connectivity index (χ3v) is 6.12. The van der Waals surface area contributed by atoms with Crippen LogP contribution in [0, 0.1) is 0 Å². The molecule has 1 unspecified atom stereocenters. The molecule has 3 aromatic carbocycles. The molecule has 0 heterocycles. The summed E-state index contributed by atoms with van der Waals surface area (Å²) in [6.45, 7) is 0.0562. The van der Waals surface area contributed by atoms with Crippen LogP contribution in [0.4, 0.5) is 10.5 Å². The lowest BCUT2D eigenvalue weighted by Crippen LogP contribution is -2.44. The number of anilines is 1. The molecule has 4 N–H and O–H groups in total. The minimum absolute atomic E-state index is 0.0365. The van der Waals surface area contributed by atoms with Crippen LogP contribution in [-0.2, 0) is 14.3 Å². The number of alkyl carbamates (subject to hydrolysis) is 1. The molecule has 0 radical (unpaired) electrons. The van der Waals surface area contributed by atoms with E-state index in [1.54, 1.807) is 0 Å². The van der Waals surface area contributed by atoms with Crippen molar-refractivity contribution in [3.63, 3.8) is 0 Å². The zero-order chi connectivity index (χ0) is 24.9. The van der Waals surface area contributed by atoms with Gasteiger partial charge in [0.05, 0.1) is 5.02 Å². The summed E-state index contributed by atoms with van der Waals surface area (Å²) in [6, 6.07) is 18.7. The highest BCUT2D eigenvalue weighted by molar-refractivity contribution is 6.32. The lowest BCUT2D eigenvalue weighted by molar-refractivity contribution is -0.137. The van der Waals surface area contributed by atoms with E-state index in [4.69, 9.17) is 21.4 Å². The van der Waals surface area contributed by atoms with Gasteiger partial charge in [-0.1, -0.05) is 60.1 Å². The van der Waals surface area contributed by atoms with E-state index in [0.29, 0.717) is 0 Å². The first-order valence-corrected chi connectivity index (χ1v) is 11.3. The maximum atomic E-state index is 12.8. The molecule has 0 saturated heterocycles. The summed E-state index contributed by atoms with van der Waals surface area (Å²) in [6.07, 6.45) is -1.31. The van der Waals surface area contributed by atoms with E-state index in [-0.39, 0.29) is 41.8 Å². The van der Waals surface area contributed by atoms with Crippen LogP contribution in [0.2, 0.25) is 5.02 Å². The molecule has 9 heteroatoms. The number of amides is 2. The summed E-state index contributed by atoms with van der Waals surface area (Å²) >= 11 is 5.87. The minimum Gasteiger partial charge on any atom is -0.506 e. The van der Waals surface area contributed by atoms with Gasteiger partial charge in [-0.05, 0) is 46.9 Å². The number of fused-ring (bicyclic) bond motifs is 3. The van der Waals surface area contributed by atoms with E-state index >= 15 is 0 Å². The van der Waals surface area contributed by atoms with Crippen LogP contribution in [-0.4, -0.2) is 40.8 Å². The van der Waals surface area contributed by atoms with Crippen LogP contribution in [0.5, 0.6) is 5.75 Å². The molecule has 2 amide bonds. The standard InChI is InChI=1S/C26H23ClN2O6/c27-21-13-15(9-11-23(21)30)28-25(33)22(10-12-24(31)32)29-26(34)35-14-20-18-7-3-1-5-16(18)17-6-2-4-8-19(17)20/h1-9,11,13,20,22,30H,10,12,14H2,(H,28,33)(H,29,34)(H,31,32). The topological polar surface area (TPSA) is 125 Å². The summed E-state index contributed by atoms with van der Waals surface area (Å²) in [5.41, 5.74) is 4.55. The molecule has 0 aliphatic heterocycles.